The molecule has 0 saturated heterocycles. The molecule has 58 valence electrons. The van der Waals surface area contributed by atoms with Gasteiger partial charge in [-0.05, 0) is 0 Å². The topological polar surface area (TPSA) is 34.1 Å². The third-order valence-electron chi connectivity index (χ3n) is 1.51. The summed E-state index contributed by atoms with van der Waals surface area (Å²) in [5.74, 6) is 0.778. The summed E-state index contributed by atoms with van der Waals surface area (Å²) in [5, 5.41) is 3.64. The fourth-order valence-corrected chi connectivity index (χ4v) is 1.18. The Labute approximate surface area is 69.3 Å². The first-order chi connectivity index (χ1) is 5.36. The Hall–Kier alpha value is -0.960. The van der Waals surface area contributed by atoms with Crippen LogP contribution in [0.15, 0.2) is 12.3 Å². The highest BCUT2D eigenvalue weighted by Crippen LogP contribution is 2.27. The molecule has 0 radical (unpaired) electrons. The summed E-state index contributed by atoms with van der Waals surface area (Å²) in [4.78, 5) is 3.89. The van der Waals surface area contributed by atoms with Gasteiger partial charge in [-0.3, -0.25) is 0 Å². The largest absolute Gasteiger partial charge is 0.488 e. The Morgan fingerprint density at radius 3 is 3.45 bits per heavy atom. The smallest absolute Gasteiger partial charge is 0.160 e. The average molecular weight is 171 g/mol. The summed E-state index contributed by atoms with van der Waals surface area (Å²) >= 11 is 5.67. The van der Waals surface area contributed by atoms with Crippen LogP contribution in [0.3, 0.4) is 0 Å². The molecular weight excluding hydrogens is 164 g/mol. The average Bonchev–Trinajstić information content (AvgIpc) is 2.04. The molecule has 2 rings (SSSR count). The quantitative estimate of drug-likeness (QED) is 0.600. The van der Waals surface area contributed by atoms with Crippen molar-refractivity contribution in [1.82, 2.24) is 4.98 Å². The SMILES string of the molecule is Clc1cc2c(cn1)OCCN2. The maximum Gasteiger partial charge on any atom is 0.160 e. The molecule has 11 heavy (non-hydrogen) atoms. The van der Waals surface area contributed by atoms with Crippen molar-refractivity contribution < 1.29 is 4.74 Å². The molecule has 1 N–H and O–H groups in total. The van der Waals surface area contributed by atoms with Gasteiger partial charge in [0.05, 0.1) is 11.9 Å². The minimum absolute atomic E-state index is 0.488. The highest BCUT2D eigenvalue weighted by molar-refractivity contribution is 6.29. The number of halogens is 1. The zero-order chi connectivity index (χ0) is 7.68. The van der Waals surface area contributed by atoms with Crippen molar-refractivity contribution in [2.45, 2.75) is 0 Å². The van der Waals surface area contributed by atoms with Crippen LogP contribution in [0.4, 0.5) is 5.69 Å². The van der Waals surface area contributed by atoms with Crippen LogP contribution in [0.5, 0.6) is 5.75 Å². The van der Waals surface area contributed by atoms with Gasteiger partial charge in [-0.2, -0.15) is 0 Å². The number of nitrogens with one attached hydrogen (secondary N) is 1. The van der Waals surface area contributed by atoms with Gasteiger partial charge in [0.15, 0.2) is 5.75 Å². The predicted octanol–water partition coefficient (Wildman–Crippen LogP) is 1.54. The third kappa shape index (κ3) is 1.24. The van der Waals surface area contributed by atoms with Gasteiger partial charge in [-0.15, -0.1) is 0 Å². The standard InChI is InChI=1S/C7H7ClN2O/c8-7-3-5-6(4-10-7)11-2-1-9-5/h3-4,9H,1-2H2. The van der Waals surface area contributed by atoms with Gasteiger partial charge in [0.1, 0.15) is 11.8 Å². The molecule has 1 aromatic heterocycles. The van der Waals surface area contributed by atoms with Crippen molar-refractivity contribution in [2.24, 2.45) is 0 Å². The van der Waals surface area contributed by atoms with Gasteiger partial charge in [0.25, 0.3) is 0 Å². The van der Waals surface area contributed by atoms with Crippen LogP contribution in [0.1, 0.15) is 0 Å². The number of hydrogen-bond acceptors (Lipinski definition) is 3. The first-order valence-corrected chi connectivity index (χ1v) is 3.76. The summed E-state index contributed by atoms with van der Waals surface area (Å²) in [5.41, 5.74) is 0.927. The number of aromatic nitrogens is 1. The lowest BCUT2D eigenvalue weighted by Gasteiger charge is -2.17. The van der Waals surface area contributed by atoms with Gasteiger partial charge in [0.2, 0.25) is 0 Å². The minimum Gasteiger partial charge on any atom is -0.488 e. The van der Waals surface area contributed by atoms with Gasteiger partial charge in [-0.25, -0.2) is 4.98 Å². The molecule has 0 atom stereocenters. The summed E-state index contributed by atoms with van der Waals surface area (Å²) in [6.07, 6.45) is 1.63. The Morgan fingerprint density at radius 1 is 1.64 bits per heavy atom. The second-order valence-electron chi connectivity index (χ2n) is 2.28. The second kappa shape index (κ2) is 2.58. The molecule has 0 aromatic carbocycles. The zero-order valence-corrected chi connectivity index (χ0v) is 6.56. The fourth-order valence-electron chi connectivity index (χ4n) is 1.02. The molecule has 0 unspecified atom stereocenters. The number of hydrogen-bond donors (Lipinski definition) is 1. The van der Waals surface area contributed by atoms with E-state index in [1.807, 2.05) is 0 Å². The molecule has 1 aliphatic rings. The normalized spacial score (nSPS) is 14.6. The van der Waals surface area contributed by atoms with Gasteiger partial charge in [-0.1, -0.05) is 11.6 Å². The van der Waals surface area contributed by atoms with Crippen LogP contribution in [-0.2, 0) is 0 Å². The molecule has 4 heteroatoms. The van der Waals surface area contributed by atoms with E-state index in [-0.39, 0.29) is 0 Å². The Morgan fingerprint density at radius 2 is 2.55 bits per heavy atom. The number of pyridine rings is 1. The van der Waals surface area contributed by atoms with E-state index in [0.717, 1.165) is 18.0 Å². The van der Waals surface area contributed by atoms with Crippen molar-refractivity contribution in [3.63, 3.8) is 0 Å². The highest BCUT2D eigenvalue weighted by atomic mass is 35.5. The zero-order valence-electron chi connectivity index (χ0n) is 5.80. The van der Waals surface area contributed by atoms with E-state index < -0.39 is 0 Å². The second-order valence-corrected chi connectivity index (χ2v) is 2.67. The molecule has 0 amide bonds. The lowest BCUT2D eigenvalue weighted by molar-refractivity contribution is 0.322. The molecule has 0 fully saturated rings. The molecule has 1 aromatic rings. The van der Waals surface area contributed by atoms with E-state index >= 15 is 0 Å². The van der Waals surface area contributed by atoms with Crippen molar-refractivity contribution in [1.29, 1.82) is 0 Å². The van der Waals surface area contributed by atoms with Crippen LogP contribution in [-0.4, -0.2) is 18.1 Å². The van der Waals surface area contributed by atoms with Crippen LogP contribution in [0, 0.1) is 0 Å². The van der Waals surface area contributed by atoms with E-state index in [0.29, 0.717) is 11.8 Å². The summed E-state index contributed by atoms with van der Waals surface area (Å²) in [6.45, 7) is 1.52. The van der Waals surface area contributed by atoms with E-state index in [4.69, 9.17) is 16.3 Å². The predicted molar refractivity (Wildman–Crippen MR) is 43.2 cm³/mol. The molecule has 0 bridgehead atoms. The summed E-state index contributed by atoms with van der Waals surface area (Å²) in [7, 11) is 0. The Balaban J connectivity index is 2.43. The summed E-state index contributed by atoms with van der Waals surface area (Å²) in [6, 6.07) is 1.76. The molecular formula is C7H7ClN2O. The number of rotatable bonds is 0. The van der Waals surface area contributed by atoms with Crippen LogP contribution in [0.25, 0.3) is 0 Å². The van der Waals surface area contributed by atoms with Crippen LogP contribution >= 0.6 is 11.6 Å². The fraction of sp³-hybridized carbons (Fsp3) is 0.286. The molecule has 0 aliphatic carbocycles. The third-order valence-corrected chi connectivity index (χ3v) is 1.72. The van der Waals surface area contributed by atoms with E-state index in [9.17, 15) is 0 Å². The maximum atomic E-state index is 5.67. The van der Waals surface area contributed by atoms with Crippen LogP contribution < -0.4 is 10.1 Å². The van der Waals surface area contributed by atoms with Gasteiger partial charge < -0.3 is 10.1 Å². The highest BCUT2D eigenvalue weighted by Gasteiger charge is 2.09. The Kier molecular flexibility index (Phi) is 1.58. The molecule has 3 nitrogen and oxygen atoms in total. The van der Waals surface area contributed by atoms with Gasteiger partial charge in [0, 0.05) is 12.6 Å². The maximum absolute atomic E-state index is 5.67. The molecule has 2 heterocycles. The van der Waals surface area contributed by atoms with Crippen LogP contribution in [0.2, 0.25) is 5.15 Å². The lowest BCUT2D eigenvalue weighted by atomic mass is 10.3. The first-order valence-electron chi connectivity index (χ1n) is 3.38. The van der Waals surface area contributed by atoms with Crippen molar-refractivity contribution in [2.75, 3.05) is 18.5 Å². The van der Waals surface area contributed by atoms with Crippen molar-refractivity contribution in [3.05, 3.63) is 17.4 Å². The van der Waals surface area contributed by atoms with Crippen molar-refractivity contribution in [3.8, 4) is 5.75 Å². The minimum atomic E-state index is 0.488. The Bertz CT molecular complexity index is 277. The number of anilines is 1. The van der Waals surface area contributed by atoms with E-state index in [1.165, 1.54) is 0 Å². The monoisotopic (exact) mass is 170 g/mol. The van der Waals surface area contributed by atoms with Crippen molar-refractivity contribution >= 4 is 17.3 Å². The lowest BCUT2D eigenvalue weighted by Crippen LogP contribution is -2.17. The van der Waals surface area contributed by atoms with E-state index in [1.54, 1.807) is 12.3 Å². The number of ether oxygens (including phenoxy) is 1. The molecule has 1 aliphatic heterocycles. The first kappa shape index (κ1) is 6.73. The molecule has 0 saturated carbocycles. The molecule has 0 spiro atoms. The van der Waals surface area contributed by atoms with Gasteiger partial charge >= 0.3 is 0 Å². The number of fused-ring (bicyclic) bond motifs is 1. The number of nitrogens with zero attached hydrogens (tertiary/aromatic N) is 1. The van der Waals surface area contributed by atoms with E-state index in [2.05, 4.69) is 10.3 Å². The summed E-state index contributed by atoms with van der Waals surface area (Å²) < 4.78 is 5.29.